The second-order valence-corrected chi connectivity index (χ2v) is 3.07. The van der Waals surface area contributed by atoms with E-state index in [1.165, 1.54) is 0 Å². The van der Waals surface area contributed by atoms with E-state index in [-0.39, 0.29) is 0 Å². The molecule has 0 bridgehead atoms. The van der Waals surface area contributed by atoms with Crippen LogP contribution in [0.15, 0.2) is 23.4 Å². The molecule has 3 nitrogen and oxygen atoms in total. The summed E-state index contributed by atoms with van der Waals surface area (Å²) in [6.07, 6.45) is 4.02. The van der Waals surface area contributed by atoms with E-state index in [1.54, 1.807) is 0 Å². The normalized spacial score (nSPS) is 13.3. The summed E-state index contributed by atoms with van der Waals surface area (Å²) in [7, 11) is 0. The van der Waals surface area contributed by atoms with Crippen LogP contribution in [0.3, 0.4) is 0 Å². The molecule has 0 atom stereocenters. The summed E-state index contributed by atoms with van der Waals surface area (Å²) in [4.78, 5) is 10.6. The summed E-state index contributed by atoms with van der Waals surface area (Å²) in [5.41, 5.74) is 3.34. The number of hydrogen-bond acceptors (Lipinski definition) is 3. The highest BCUT2D eigenvalue weighted by atomic mass is 16.3. The number of nitrogens with zero attached hydrogens (tertiary/aromatic N) is 1. The van der Waals surface area contributed by atoms with Gasteiger partial charge < -0.3 is 5.32 Å². The second kappa shape index (κ2) is 3.01. The highest BCUT2D eigenvalue weighted by Gasteiger charge is 2.11. The first-order valence-corrected chi connectivity index (χ1v) is 4.20. The molecule has 0 saturated carbocycles. The summed E-state index contributed by atoms with van der Waals surface area (Å²) < 4.78 is 0. The molecule has 0 saturated heterocycles. The Balaban J connectivity index is 2.66. The molecule has 66 valence electrons. The van der Waals surface area contributed by atoms with Crippen LogP contribution in [0.25, 0.3) is 6.08 Å². The van der Waals surface area contributed by atoms with Gasteiger partial charge >= 0.3 is 0 Å². The molecule has 0 radical (unpaired) electrons. The molecule has 0 aliphatic carbocycles. The van der Waals surface area contributed by atoms with Crippen molar-refractivity contribution in [3.8, 4) is 0 Å². The van der Waals surface area contributed by atoms with Crippen molar-refractivity contribution in [1.29, 1.82) is 0 Å². The number of benzene rings is 1. The van der Waals surface area contributed by atoms with Gasteiger partial charge in [-0.1, -0.05) is 24.3 Å². The van der Waals surface area contributed by atoms with Crippen molar-refractivity contribution in [2.24, 2.45) is 5.18 Å². The summed E-state index contributed by atoms with van der Waals surface area (Å²) >= 11 is 0. The molecular weight excluding hydrogens is 164 g/mol. The Morgan fingerprint density at radius 1 is 1.46 bits per heavy atom. The molecule has 1 N–H and O–H groups in total. The zero-order chi connectivity index (χ0) is 9.26. The molecule has 0 amide bonds. The predicted molar refractivity (Wildman–Crippen MR) is 54.2 cm³/mol. The van der Waals surface area contributed by atoms with E-state index in [0.717, 1.165) is 23.4 Å². The van der Waals surface area contributed by atoms with E-state index in [1.807, 2.05) is 31.2 Å². The van der Waals surface area contributed by atoms with Crippen molar-refractivity contribution in [1.82, 2.24) is 0 Å². The first kappa shape index (κ1) is 7.98. The SMILES string of the molecule is Cc1ccc2c(c1N=O)NCC=C2. The van der Waals surface area contributed by atoms with Gasteiger partial charge in [-0.25, -0.2) is 0 Å². The topological polar surface area (TPSA) is 41.5 Å². The van der Waals surface area contributed by atoms with E-state index in [4.69, 9.17) is 0 Å². The minimum atomic E-state index is 0.529. The van der Waals surface area contributed by atoms with Crippen LogP contribution < -0.4 is 5.32 Å². The standard InChI is InChI=1S/C10H10N2O/c1-7-4-5-8-3-2-6-11-10(8)9(7)12-13/h2-5,11H,6H2,1H3. The average Bonchev–Trinajstić information content (AvgIpc) is 2.18. The number of aryl methyl sites for hydroxylation is 1. The molecule has 1 aliphatic heterocycles. The van der Waals surface area contributed by atoms with E-state index in [9.17, 15) is 4.91 Å². The third-order valence-corrected chi connectivity index (χ3v) is 2.20. The van der Waals surface area contributed by atoms with Gasteiger partial charge in [0, 0.05) is 6.54 Å². The van der Waals surface area contributed by atoms with Gasteiger partial charge in [-0.3, -0.25) is 0 Å². The number of nitroso groups, excluding NO2 is 1. The largest absolute Gasteiger partial charge is 0.379 e. The van der Waals surface area contributed by atoms with Crippen LogP contribution in [-0.4, -0.2) is 6.54 Å². The lowest BCUT2D eigenvalue weighted by Gasteiger charge is -2.15. The fourth-order valence-electron chi connectivity index (χ4n) is 1.50. The van der Waals surface area contributed by atoms with Crippen LogP contribution >= 0.6 is 0 Å². The number of rotatable bonds is 1. The lowest BCUT2D eigenvalue weighted by molar-refractivity contribution is 1.27. The van der Waals surface area contributed by atoms with Crippen molar-refractivity contribution < 1.29 is 0 Å². The zero-order valence-electron chi connectivity index (χ0n) is 7.37. The minimum Gasteiger partial charge on any atom is -0.379 e. The van der Waals surface area contributed by atoms with Crippen molar-refractivity contribution in [3.05, 3.63) is 34.2 Å². The van der Waals surface area contributed by atoms with Gasteiger partial charge in [-0.2, -0.15) is 0 Å². The average molecular weight is 174 g/mol. The second-order valence-electron chi connectivity index (χ2n) is 3.07. The van der Waals surface area contributed by atoms with Crippen molar-refractivity contribution in [2.45, 2.75) is 6.92 Å². The molecule has 1 aliphatic rings. The first-order chi connectivity index (χ1) is 6.33. The summed E-state index contributed by atoms with van der Waals surface area (Å²) in [6, 6.07) is 3.90. The molecule has 0 aromatic heterocycles. The molecule has 2 rings (SSSR count). The van der Waals surface area contributed by atoms with Gasteiger partial charge in [0.25, 0.3) is 0 Å². The molecular formula is C10H10N2O. The highest BCUT2D eigenvalue weighted by molar-refractivity contribution is 5.81. The Morgan fingerprint density at radius 2 is 2.31 bits per heavy atom. The summed E-state index contributed by atoms with van der Waals surface area (Å²) in [5.74, 6) is 0. The van der Waals surface area contributed by atoms with Crippen LogP contribution in [-0.2, 0) is 0 Å². The Bertz CT molecular complexity index is 383. The molecule has 0 fully saturated rings. The minimum absolute atomic E-state index is 0.529. The fraction of sp³-hybridized carbons (Fsp3) is 0.200. The molecule has 1 aromatic carbocycles. The van der Waals surface area contributed by atoms with Gasteiger partial charge in [0.15, 0.2) is 0 Å². The number of nitrogens with one attached hydrogen (secondary N) is 1. The maximum Gasteiger partial charge on any atom is 0.134 e. The lowest BCUT2D eigenvalue weighted by atomic mass is 10.0. The number of hydrogen-bond donors (Lipinski definition) is 1. The number of anilines is 1. The van der Waals surface area contributed by atoms with Gasteiger partial charge in [0.05, 0.1) is 5.69 Å². The van der Waals surface area contributed by atoms with Crippen LogP contribution in [0.5, 0.6) is 0 Å². The fourth-order valence-corrected chi connectivity index (χ4v) is 1.50. The Hall–Kier alpha value is -1.64. The van der Waals surface area contributed by atoms with Crippen molar-refractivity contribution in [2.75, 3.05) is 11.9 Å². The Labute approximate surface area is 76.4 Å². The van der Waals surface area contributed by atoms with Gasteiger partial charge in [0.1, 0.15) is 5.69 Å². The molecule has 3 heteroatoms. The molecule has 0 unspecified atom stereocenters. The summed E-state index contributed by atoms with van der Waals surface area (Å²) in [6.45, 7) is 2.65. The van der Waals surface area contributed by atoms with Gasteiger partial charge in [-0.15, -0.1) is 4.91 Å². The molecule has 1 heterocycles. The predicted octanol–water partition coefficient (Wildman–Crippen LogP) is 2.83. The third kappa shape index (κ3) is 1.22. The maximum atomic E-state index is 10.6. The van der Waals surface area contributed by atoms with Crippen LogP contribution in [0.1, 0.15) is 11.1 Å². The van der Waals surface area contributed by atoms with Crippen LogP contribution in [0.2, 0.25) is 0 Å². The molecule has 0 spiro atoms. The molecule has 1 aromatic rings. The summed E-state index contributed by atoms with van der Waals surface area (Å²) in [5, 5.41) is 6.18. The van der Waals surface area contributed by atoms with E-state index in [0.29, 0.717) is 5.69 Å². The van der Waals surface area contributed by atoms with E-state index < -0.39 is 0 Å². The van der Waals surface area contributed by atoms with Gasteiger partial charge in [0.2, 0.25) is 0 Å². The lowest BCUT2D eigenvalue weighted by Crippen LogP contribution is -2.04. The van der Waals surface area contributed by atoms with Crippen molar-refractivity contribution in [3.63, 3.8) is 0 Å². The molecule has 13 heavy (non-hydrogen) atoms. The van der Waals surface area contributed by atoms with Crippen LogP contribution in [0, 0.1) is 11.8 Å². The Morgan fingerprint density at radius 3 is 3.08 bits per heavy atom. The van der Waals surface area contributed by atoms with E-state index in [2.05, 4.69) is 10.5 Å². The monoisotopic (exact) mass is 174 g/mol. The number of fused-ring (bicyclic) bond motifs is 1. The highest BCUT2D eigenvalue weighted by Crippen LogP contribution is 2.34. The van der Waals surface area contributed by atoms with Crippen LogP contribution in [0.4, 0.5) is 11.4 Å². The first-order valence-electron chi connectivity index (χ1n) is 4.20. The Kier molecular flexibility index (Phi) is 1.85. The quantitative estimate of drug-likeness (QED) is 0.665. The third-order valence-electron chi connectivity index (χ3n) is 2.20. The van der Waals surface area contributed by atoms with E-state index >= 15 is 0 Å². The smallest absolute Gasteiger partial charge is 0.134 e. The maximum absolute atomic E-state index is 10.6. The van der Waals surface area contributed by atoms with Gasteiger partial charge in [-0.05, 0) is 23.2 Å². The zero-order valence-corrected chi connectivity index (χ0v) is 7.37. The van der Waals surface area contributed by atoms with Crippen molar-refractivity contribution >= 4 is 17.5 Å².